The van der Waals surface area contributed by atoms with E-state index in [2.05, 4.69) is 63.8 Å². The number of carbonyl (C=O) groups excluding carboxylic acids is 14. The van der Waals surface area contributed by atoms with E-state index in [1.165, 1.54) is 0 Å². The SMILES string of the molecule is CC[C@H](C)[C@H](NC(=O)[C@H](CC(=O)OC(C)(C)C)NC(=O)[C@@H](NC(=O)[C@H](Cc1ccccc1)NC(=O)OCC1c2ccccc2-c2ccccc21)[C@@H](C)CC)C(=O)N[C@@H](CC(=O)NC(c1ccccc1)(c1ccccc1)c1ccccc1)C(=O)N[C@@H](CC(=O)OC(C)(C)C)C(=O)N[C@H](C(=O)N[C@H](C(=O)N[C@@H](CC(=O)NC(c1ccccc1)(c1ccccc1)c1ccccc1)C(=O)N[C@@H](Cc1ccccc1)C(=O)O)[C@@H](C)CC)C(C)C. The number of hydrogen-bond donors (Lipinski definition) is 13. The molecule has 10 aromatic carbocycles. The summed E-state index contributed by atoms with van der Waals surface area (Å²) in [5.41, 5.74) is 3.10. The van der Waals surface area contributed by atoms with Crippen LogP contribution in [0.1, 0.15) is 203 Å². The fourth-order valence-corrected chi connectivity index (χ4v) is 18.3. The maximum atomic E-state index is 16.1. The van der Waals surface area contributed by atoms with E-state index in [1.54, 1.807) is 285 Å². The molecule has 13 N–H and O–H groups in total. The van der Waals surface area contributed by atoms with E-state index in [0.717, 1.165) is 22.3 Å². The minimum atomic E-state index is -2.10. The largest absolute Gasteiger partial charge is 0.480 e. The Morgan fingerprint density at radius 1 is 0.289 bits per heavy atom. The van der Waals surface area contributed by atoms with Crippen LogP contribution in [-0.4, -0.2) is 172 Å². The molecule has 31 nitrogen and oxygen atoms in total. The number of amides is 12. The van der Waals surface area contributed by atoms with Crippen molar-refractivity contribution in [3.8, 4) is 11.1 Å². The van der Waals surface area contributed by atoms with Gasteiger partial charge in [0.25, 0.3) is 0 Å². The highest BCUT2D eigenvalue weighted by atomic mass is 16.6. The van der Waals surface area contributed by atoms with Gasteiger partial charge in [-0.05, 0) is 132 Å². The molecule has 0 saturated carbocycles. The van der Waals surface area contributed by atoms with Crippen LogP contribution in [0, 0.1) is 23.7 Å². The van der Waals surface area contributed by atoms with Gasteiger partial charge in [-0.3, -0.25) is 62.3 Å². The Hall–Kier alpha value is -16.0. The fourth-order valence-electron chi connectivity index (χ4n) is 18.3. The first-order valence-corrected chi connectivity index (χ1v) is 50.7. The second-order valence-corrected chi connectivity index (χ2v) is 40.2. The number of rotatable bonds is 49. The van der Waals surface area contributed by atoms with Crippen molar-refractivity contribution in [1.29, 1.82) is 0 Å². The van der Waals surface area contributed by atoms with E-state index in [9.17, 15) is 24.3 Å². The number of hydrogen-bond acceptors (Lipinski definition) is 18. The first kappa shape index (κ1) is 113. The number of esters is 2. The van der Waals surface area contributed by atoms with Crippen LogP contribution in [-0.2, 0) is 105 Å². The number of fused-ring (bicyclic) bond motifs is 3. The summed E-state index contributed by atoms with van der Waals surface area (Å²) in [6.45, 7) is 22.4. The summed E-state index contributed by atoms with van der Waals surface area (Å²) in [7, 11) is 0. The van der Waals surface area contributed by atoms with Crippen molar-refractivity contribution in [2.75, 3.05) is 6.61 Å². The number of benzene rings is 10. The lowest BCUT2D eigenvalue weighted by Crippen LogP contribution is -2.63. The third-order valence-electron chi connectivity index (χ3n) is 26.5. The van der Waals surface area contributed by atoms with Gasteiger partial charge in [-0.25, -0.2) is 9.59 Å². The van der Waals surface area contributed by atoms with Crippen molar-refractivity contribution < 1.29 is 91.2 Å². The summed E-state index contributed by atoms with van der Waals surface area (Å²) in [4.78, 5) is 227. The molecule has 0 heterocycles. The van der Waals surface area contributed by atoms with E-state index in [4.69, 9.17) is 14.2 Å². The zero-order valence-electron chi connectivity index (χ0n) is 86.7. The zero-order valence-corrected chi connectivity index (χ0v) is 86.7. The third-order valence-corrected chi connectivity index (χ3v) is 26.5. The normalized spacial score (nSPS) is 14.5. The minimum absolute atomic E-state index is 0.0774. The molecule has 0 saturated heterocycles. The predicted molar refractivity (Wildman–Crippen MR) is 565 cm³/mol. The van der Waals surface area contributed by atoms with Gasteiger partial charge in [0, 0.05) is 18.8 Å². The Labute approximate surface area is 870 Å². The van der Waals surface area contributed by atoms with Crippen LogP contribution in [0.15, 0.2) is 291 Å². The molecule has 0 aromatic heterocycles. The highest BCUT2D eigenvalue weighted by Crippen LogP contribution is 2.45. The molecule has 0 bridgehead atoms. The Morgan fingerprint density at radius 2 is 0.537 bits per heavy atom. The van der Waals surface area contributed by atoms with Crippen molar-refractivity contribution >= 4 is 89.0 Å². The Morgan fingerprint density at radius 3 is 0.839 bits per heavy atom. The van der Waals surface area contributed by atoms with Gasteiger partial charge >= 0.3 is 24.0 Å². The second kappa shape index (κ2) is 52.9. The second-order valence-electron chi connectivity index (χ2n) is 40.2. The number of carbonyl (C=O) groups is 15. The zero-order chi connectivity index (χ0) is 108. The molecule has 149 heavy (non-hydrogen) atoms. The summed E-state index contributed by atoms with van der Waals surface area (Å²) in [6, 6.07) is 69.3. The van der Waals surface area contributed by atoms with Crippen LogP contribution in [0.3, 0.4) is 0 Å². The van der Waals surface area contributed by atoms with Crippen LogP contribution < -0.4 is 63.8 Å². The third kappa shape index (κ3) is 30.9. The van der Waals surface area contributed by atoms with Gasteiger partial charge in [-0.15, -0.1) is 0 Å². The molecule has 1 aliphatic carbocycles. The summed E-state index contributed by atoms with van der Waals surface area (Å²) in [5, 5.41) is 44.0. The summed E-state index contributed by atoms with van der Waals surface area (Å²) >= 11 is 0. The average Bonchev–Trinajstić information content (AvgIpc) is 1.69. The average molecular weight is 2030 g/mol. The molecule has 784 valence electrons. The van der Waals surface area contributed by atoms with Crippen LogP contribution in [0.5, 0.6) is 0 Å². The number of alkyl carbamates (subject to hydrolysis) is 1. The summed E-state index contributed by atoms with van der Waals surface area (Å²) < 4.78 is 17.5. The topological polar surface area (TPSA) is 448 Å². The van der Waals surface area contributed by atoms with Gasteiger partial charge in [0.2, 0.25) is 65.0 Å². The van der Waals surface area contributed by atoms with Crippen molar-refractivity contribution in [2.24, 2.45) is 23.7 Å². The first-order chi connectivity index (χ1) is 71.1. The lowest BCUT2D eigenvalue weighted by molar-refractivity contribution is -0.157. The number of carboxylic acids is 1. The van der Waals surface area contributed by atoms with Crippen LogP contribution in [0.2, 0.25) is 0 Å². The molecule has 0 unspecified atom stereocenters. The van der Waals surface area contributed by atoms with E-state index in [0.29, 0.717) is 44.5 Å². The predicted octanol–water partition coefficient (Wildman–Crippen LogP) is 13.1. The molecule has 0 fully saturated rings. The number of carboxylic acid groups (broad SMARTS) is 1. The quantitative estimate of drug-likeness (QED) is 0.00957. The molecule has 0 spiro atoms. The molecule has 0 aliphatic heterocycles. The first-order valence-electron chi connectivity index (χ1n) is 50.7. The van der Waals surface area contributed by atoms with Crippen molar-refractivity contribution in [2.45, 2.75) is 243 Å². The molecule has 11 rings (SSSR count). The van der Waals surface area contributed by atoms with Gasteiger partial charge in [-0.2, -0.15) is 0 Å². The lowest BCUT2D eigenvalue weighted by Gasteiger charge is -2.37. The Kier molecular flexibility index (Phi) is 40.3. The van der Waals surface area contributed by atoms with Gasteiger partial charge in [0.15, 0.2) is 0 Å². The number of aliphatic carboxylic acids is 1. The fraction of sp³-hybridized carbons (Fsp3) is 0.364. The molecule has 12 amide bonds. The molecule has 10 aromatic rings. The van der Waals surface area contributed by atoms with Crippen LogP contribution >= 0.6 is 0 Å². The maximum absolute atomic E-state index is 16.1. The van der Waals surface area contributed by atoms with Gasteiger partial charge in [0.1, 0.15) is 89.3 Å². The van der Waals surface area contributed by atoms with Crippen LogP contribution in [0.4, 0.5) is 4.79 Å². The Bertz CT molecular complexity index is 6020. The minimum Gasteiger partial charge on any atom is -0.480 e. The number of nitrogens with one attached hydrogen (secondary N) is 12. The molecule has 13 atom stereocenters. The van der Waals surface area contributed by atoms with Gasteiger partial charge in [-0.1, -0.05) is 366 Å². The van der Waals surface area contributed by atoms with E-state index < -0.39 is 221 Å². The highest BCUT2D eigenvalue weighted by Gasteiger charge is 2.46. The summed E-state index contributed by atoms with van der Waals surface area (Å²) in [6.07, 6.45) is -4.31. The van der Waals surface area contributed by atoms with Crippen molar-refractivity contribution in [1.82, 2.24) is 63.8 Å². The van der Waals surface area contributed by atoms with Crippen LogP contribution in [0.25, 0.3) is 11.1 Å². The molecule has 31 heteroatoms. The lowest BCUT2D eigenvalue weighted by atomic mass is 9.77. The van der Waals surface area contributed by atoms with E-state index >= 15 is 52.7 Å². The smallest absolute Gasteiger partial charge is 0.407 e. The molecular formula is C118H138N12O19. The van der Waals surface area contributed by atoms with Gasteiger partial charge in [0.05, 0.1) is 25.7 Å². The van der Waals surface area contributed by atoms with Crippen molar-refractivity contribution in [3.63, 3.8) is 0 Å². The number of ether oxygens (including phenoxy) is 3. The standard InChI is InChI=1S/C118H138N12O19/c1-15-74(6)101(127-108(139)94(71-99(134)149-116(12,13)14)122-111(142)102(75(7)16-2)126-106(137)90(66-77-46-26-18-27-47-77)124-114(146)147-72-89-87-64-44-42-62-85(87)86-63-43-45-65-88(86)89)110(141)120-91(68-96(131)129-117(79-50-30-20-31-51-79,80-52-32-21-33-53-80)81-54-34-22-35-55-81)104(135)119-93(70-98(133)148-115(9,10)11)107(138)125-100(73(4)5)109(140)128-103(76(8)17-3)112(143)121-92(105(136)123-95(113(144)145)67-78-48-28-19-29-49-78)69-97(132)130-118(82-56-36-23-37-57-82,83-58-38-24-39-59-83)84-60-40-25-41-61-84/h18-65,73-76,89-95,100-103H,15-17,66-72H2,1-14H3,(H,119,135)(H,120,141)(H,121,143)(H,122,142)(H,123,136)(H,124,146)(H,125,138)(H,126,137)(H,127,139)(H,128,140)(H,129,131)(H,130,132)(H,144,145)/t74-,75-,76-,90-,91-,92-,93-,94-,95-,100-,101-,102-,103-/m0/s1. The molecular weight excluding hydrogens is 1890 g/mol. The van der Waals surface area contributed by atoms with Crippen molar-refractivity contribution in [3.05, 3.63) is 347 Å². The Balaban J connectivity index is 0.902. The molecule has 0 radical (unpaired) electrons. The monoisotopic (exact) mass is 2030 g/mol. The highest BCUT2D eigenvalue weighted by molar-refractivity contribution is 6.02. The summed E-state index contributed by atoms with van der Waals surface area (Å²) in [5.74, 6) is -18.5. The van der Waals surface area contributed by atoms with E-state index in [-0.39, 0.29) is 44.6 Å². The van der Waals surface area contributed by atoms with Gasteiger partial charge < -0.3 is 83.1 Å². The molecule has 1 aliphatic rings. The van der Waals surface area contributed by atoms with E-state index in [1.807, 2.05) is 103 Å². The maximum Gasteiger partial charge on any atom is 0.407 e.